The van der Waals surface area contributed by atoms with Crippen LogP contribution in [0, 0.1) is 11.7 Å². The largest absolute Gasteiger partial charge is 0.345 e. The zero-order valence-electron chi connectivity index (χ0n) is 20.6. The molecule has 3 aromatic carbocycles. The van der Waals surface area contributed by atoms with Gasteiger partial charge in [0.15, 0.2) is 11.6 Å². The predicted molar refractivity (Wildman–Crippen MR) is 147 cm³/mol. The summed E-state index contributed by atoms with van der Waals surface area (Å²) in [6.45, 7) is 1.66. The van der Waals surface area contributed by atoms with E-state index in [1.807, 2.05) is 0 Å². The quantitative estimate of drug-likeness (QED) is 0.301. The predicted octanol–water partition coefficient (Wildman–Crippen LogP) is 4.07. The molecule has 0 aromatic heterocycles. The fourth-order valence-electron chi connectivity index (χ4n) is 5.04. The summed E-state index contributed by atoms with van der Waals surface area (Å²) >= 11 is 5.97. The number of ketones is 2. The zero-order valence-corrected chi connectivity index (χ0v) is 23.1. The van der Waals surface area contributed by atoms with Gasteiger partial charge in [-0.2, -0.15) is 4.76 Å². The van der Waals surface area contributed by atoms with Gasteiger partial charge in [-0.3, -0.25) is 18.9 Å². The van der Waals surface area contributed by atoms with Crippen molar-refractivity contribution in [3.05, 3.63) is 88.2 Å². The van der Waals surface area contributed by atoms with Crippen LogP contribution in [-0.4, -0.2) is 37.0 Å². The summed E-state index contributed by atoms with van der Waals surface area (Å²) < 4.78 is 56.4. The molecule has 0 bridgehead atoms. The van der Waals surface area contributed by atoms with E-state index in [1.54, 1.807) is 31.2 Å². The Labute approximate surface area is 228 Å². The standard InChI is InChI=1S/C26H22ClFN3O6PS/c1-26(13-14-7-9-19(28)18(27)11-14)17-6-4-3-5-16(17)23(32)22(24(26)33)25-29-20-10-8-15(31-39(2,36)37)12-21(20)38(34,35)30-25/h3-12,22,31H,13H2,1-2H3,(H2,29,30,34,35). The summed E-state index contributed by atoms with van der Waals surface area (Å²) in [5.74, 6) is -3.57. The molecule has 2 aliphatic rings. The SMILES string of the molecule is CC1(Cc2ccc(F)c(Cl)c2)C(=O)C(C2=NP(=O)(O)c3cc(NS(C)(=O)=O)ccc3N2)C(=O)c2ccccc21. The number of amidine groups is 1. The van der Waals surface area contributed by atoms with Crippen molar-refractivity contribution in [1.29, 1.82) is 0 Å². The maximum Gasteiger partial charge on any atom is 0.345 e. The Morgan fingerprint density at radius 2 is 1.87 bits per heavy atom. The number of sulfonamides is 1. The maximum absolute atomic E-state index is 14.1. The van der Waals surface area contributed by atoms with Crippen molar-refractivity contribution >= 4 is 63.2 Å². The molecule has 0 amide bonds. The van der Waals surface area contributed by atoms with Crippen LogP contribution in [0.3, 0.4) is 0 Å². The third kappa shape index (κ3) is 4.91. The second kappa shape index (κ2) is 9.38. The minimum atomic E-state index is -4.52. The highest BCUT2D eigenvalue weighted by Gasteiger charge is 2.52. The number of halogens is 2. The summed E-state index contributed by atoms with van der Waals surface area (Å²) in [6, 6.07) is 14.6. The second-order valence-corrected chi connectivity index (χ2v) is 13.7. The van der Waals surface area contributed by atoms with Gasteiger partial charge in [-0.15, -0.1) is 0 Å². The molecule has 0 saturated carbocycles. The zero-order chi connectivity index (χ0) is 28.3. The van der Waals surface area contributed by atoms with Crippen LogP contribution in [0.2, 0.25) is 5.02 Å². The van der Waals surface area contributed by atoms with Gasteiger partial charge >= 0.3 is 7.52 Å². The van der Waals surface area contributed by atoms with Crippen LogP contribution >= 0.6 is 19.1 Å². The number of Topliss-reactive ketones (excluding diaryl/α,β-unsaturated/α-hetero) is 2. The van der Waals surface area contributed by atoms with E-state index in [4.69, 9.17) is 11.6 Å². The molecular weight excluding hydrogens is 568 g/mol. The first-order valence-electron chi connectivity index (χ1n) is 11.6. The molecule has 3 N–H and O–H groups in total. The van der Waals surface area contributed by atoms with E-state index in [-0.39, 0.29) is 39.5 Å². The first-order valence-corrected chi connectivity index (χ1v) is 15.5. The van der Waals surface area contributed by atoms with Gasteiger partial charge < -0.3 is 10.2 Å². The van der Waals surface area contributed by atoms with Crippen molar-refractivity contribution in [3.63, 3.8) is 0 Å². The molecule has 39 heavy (non-hydrogen) atoms. The first kappa shape index (κ1) is 27.2. The van der Waals surface area contributed by atoms with Crippen LogP contribution in [-0.2, 0) is 31.2 Å². The Morgan fingerprint density at radius 1 is 1.15 bits per heavy atom. The van der Waals surface area contributed by atoms with Crippen LogP contribution in [0.1, 0.15) is 28.4 Å². The Kier molecular flexibility index (Phi) is 6.54. The molecule has 1 aliphatic heterocycles. The number of benzene rings is 3. The third-order valence-corrected chi connectivity index (χ3v) is 9.17. The minimum Gasteiger partial charge on any atom is -0.342 e. The number of carbonyl (C=O) groups is 2. The number of anilines is 2. The molecule has 0 fully saturated rings. The highest BCUT2D eigenvalue weighted by molar-refractivity contribution is 7.92. The van der Waals surface area contributed by atoms with Crippen molar-refractivity contribution in [1.82, 2.24) is 0 Å². The van der Waals surface area contributed by atoms with Crippen molar-refractivity contribution < 1.29 is 31.9 Å². The number of nitrogens with zero attached hydrogens (tertiary/aromatic N) is 1. The maximum atomic E-state index is 14.1. The highest BCUT2D eigenvalue weighted by atomic mass is 35.5. The Morgan fingerprint density at radius 3 is 2.56 bits per heavy atom. The fourth-order valence-corrected chi connectivity index (χ4v) is 7.12. The smallest absolute Gasteiger partial charge is 0.342 e. The van der Waals surface area contributed by atoms with Crippen molar-refractivity contribution in [3.8, 4) is 0 Å². The third-order valence-electron chi connectivity index (χ3n) is 6.79. The number of nitrogens with one attached hydrogen (secondary N) is 2. The highest BCUT2D eigenvalue weighted by Crippen LogP contribution is 2.49. The molecule has 202 valence electrons. The molecule has 0 saturated heterocycles. The number of rotatable bonds is 5. The van der Waals surface area contributed by atoms with Crippen molar-refractivity contribution in [2.24, 2.45) is 10.7 Å². The average Bonchev–Trinajstić information content (AvgIpc) is 2.85. The Bertz CT molecular complexity index is 1760. The normalized spacial score (nSPS) is 24.3. The van der Waals surface area contributed by atoms with E-state index in [2.05, 4.69) is 14.8 Å². The van der Waals surface area contributed by atoms with Gasteiger partial charge in [-0.25, -0.2) is 12.8 Å². The monoisotopic (exact) mass is 589 g/mol. The molecule has 0 radical (unpaired) electrons. The molecule has 0 spiro atoms. The topological polar surface area (TPSA) is 142 Å². The molecular formula is C26H22ClFN3O6PS. The van der Waals surface area contributed by atoms with Gasteiger partial charge in [0.25, 0.3) is 0 Å². The van der Waals surface area contributed by atoms with E-state index in [0.29, 0.717) is 11.1 Å². The van der Waals surface area contributed by atoms with E-state index in [9.17, 15) is 31.9 Å². The first-order chi connectivity index (χ1) is 18.2. The van der Waals surface area contributed by atoms with Gasteiger partial charge in [0.1, 0.15) is 17.6 Å². The summed E-state index contributed by atoms with van der Waals surface area (Å²) in [7, 11) is -8.17. The van der Waals surface area contributed by atoms with Gasteiger partial charge in [-0.1, -0.05) is 41.9 Å². The van der Waals surface area contributed by atoms with E-state index >= 15 is 0 Å². The molecule has 3 aromatic rings. The lowest BCUT2D eigenvalue weighted by Gasteiger charge is -2.39. The van der Waals surface area contributed by atoms with E-state index in [0.717, 1.165) is 6.26 Å². The molecule has 1 aliphatic carbocycles. The van der Waals surface area contributed by atoms with Crippen LogP contribution < -0.4 is 15.3 Å². The van der Waals surface area contributed by atoms with E-state index in [1.165, 1.54) is 36.4 Å². The molecule has 3 atom stereocenters. The summed E-state index contributed by atoms with van der Waals surface area (Å²) in [5.41, 5.74) is 0.156. The molecule has 3 unspecified atom stereocenters. The number of fused-ring (bicyclic) bond motifs is 2. The summed E-state index contributed by atoms with van der Waals surface area (Å²) in [6.07, 6.45) is 1.02. The average molecular weight is 590 g/mol. The van der Waals surface area contributed by atoms with Crippen LogP contribution in [0.25, 0.3) is 0 Å². The Hall–Kier alpha value is -3.37. The van der Waals surface area contributed by atoms with Gasteiger partial charge in [0.2, 0.25) is 10.0 Å². The lowest BCUT2D eigenvalue weighted by Crippen LogP contribution is -2.52. The molecule has 13 heteroatoms. The Balaban J connectivity index is 1.59. The fraction of sp³-hybridized carbons (Fsp3) is 0.192. The number of carbonyl (C=O) groups excluding carboxylic acids is 2. The van der Waals surface area contributed by atoms with Crippen LogP contribution in [0.4, 0.5) is 15.8 Å². The lowest BCUT2D eigenvalue weighted by atomic mass is 9.63. The summed E-state index contributed by atoms with van der Waals surface area (Å²) in [4.78, 5) is 38.6. The van der Waals surface area contributed by atoms with Gasteiger partial charge in [0, 0.05) is 11.3 Å². The lowest BCUT2D eigenvalue weighted by molar-refractivity contribution is -0.125. The van der Waals surface area contributed by atoms with Crippen LogP contribution in [0.15, 0.2) is 65.4 Å². The van der Waals surface area contributed by atoms with Crippen LogP contribution in [0.5, 0.6) is 0 Å². The van der Waals surface area contributed by atoms with Crippen molar-refractivity contribution in [2.45, 2.75) is 18.8 Å². The van der Waals surface area contributed by atoms with E-state index < -0.39 is 46.3 Å². The van der Waals surface area contributed by atoms with Crippen molar-refractivity contribution in [2.75, 3.05) is 16.3 Å². The van der Waals surface area contributed by atoms with Gasteiger partial charge in [-0.05, 0) is 54.8 Å². The molecule has 1 heterocycles. The molecule has 9 nitrogen and oxygen atoms in total. The number of hydrogen-bond donors (Lipinski definition) is 3. The summed E-state index contributed by atoms with van der Waals surface area (Å²) in [5, 5.41) is 2.56. The molecule has 5 rings (SSSR count). The minimum absolute atomic E-state index is 0.0512. The number of hydrogen-bond acceptors (Lipinski definition) is 6. The van der Waals surface area contributed by atoms with Gasteiger partial charge in [0.05, 0.1) is 27.7 Å². The second-order valence-electron chi connectivity index (χ2n) is 9.72.